The van der Waals surface area contributed by atoms with Crippen molar-refractivity contribution in [1.82, 2.24) is 4.37 Å². The molecule has 0 saturated heterocycles. The van der Waals surface area contributed by atoms with E-state index in [1.54, 1.807) is 24.3 Å². The summed E-state index contributed by atoms with van der Waals surface area (Å²) in [4.78, 5) is 11.9. The topological polar surface area (TPSA) is 76.1 Å². The minimum atomic E-state index is -3.42. The fraction of sp³-hybridized carbons (Fsp3) is 0.231. The molecule has 0 saturated carbocycles. The molecule has 2 rings (SSSR count). The van der Waals surface area contributed by atoms with E-state index in [0.29, 0.717) is 5.00 Å². The van der Waals surface area contributed by atoms with Gasteiger partial charge >= 0.3 is 0 Å². The number of anilines is 1. The largest absolute Gasteiger partial charge is 0.316 e. The quantitative estimate of drug-likeness (QED) is 0.919. The number of carbonyl (C=O) groups is 1. The molecule has 5 nitrogen and oxygen atoms in total. The molecule has 1 heterocycles. The van der Waals surface area contributed by atoms with Gasteiger partial charge in [-0.2, -0.15) is 4.37 Å². The number of nitrogens with zero attached hydrogens (tertiary/aromatic N) is 1. The number of benzene rings is 1. The summed E-state index contributed by atoms with van der Waals surface area (Å²) in [5, 5.41) is 3.27. The highest BCUT2D eigenvalue weighted by Gasteiger charge is 2.16. The summed E-state index contributed by atoms with van der Waals surface area (Å²) in [7, 11) is -3.42. The third-order valence-electron chi connectivity index (χ3n) is 2.59. The maximum absolute atomic E-state index is 12.0. The fourth-order valence-electron chi connectivity index (χ4n) is 1.60. The van der Waals surface area contributed by atoms with Gasteiger partial charge in [-0.05, 0) is 36.7 Å². The van der Waals surface area contributed by atoms with Gasteiger partial charge in [0, 0.05) is 6.42 Å². The SMILES string of the molecule is Cc1cc(NC(=O)CCS(=O)(=O)c2ccccc2)sn1. The van der Waals surface area contributed by atoms with E-state index in [9.17, 15) is 13.2 Å². The number of hydrogen-bond acceptors (Lipinski definition) is 5. The molecule has 0 radical (unpaired) electrons. The Labute approximate surface area is 121 Å². The summed E-state index contributed by atoms with van der Waals surface area (Å²) in [6.07, 6.45) is -0.0752. The van der Waals surface area contributed by atoms with Gasteiger partial charge in [0.2, 0.25) is 5.91 Å². The number of aryl methyl sites for hydroxylation is 1. The number of amides is 1. The van der Waals surface area contributed by atoms with Crippen molar-refractivity contribution in [3.05, 3.63) is 42.1 Å². The first-order chi connectivity index (χ1) is 9.47. The molecular weight excluding hydrogens is 296 g/mol. The Kier molecular flexibility index (Phi) is 4.51. The normalized spacial score (nSPS) is 11.2. The van der Waals surface area contributed by atoms with Gasteiger partial charge in [0.15, 0.2) is 9.84 Å². The molecule has 1 aromatic heterocycles. The van der Waals surface area contributed by atoms with E-state index in [2.05, 4.69) is 9.69 Å². The van der Waals surface area contributed by atoms with Crippen molar-refractivity contribution in [1.29, 1.82) is 0 Å². The lowest BCUT2D eigenvalue weighted by molar-refractivity contribution is -0.115. The van der Waals surface area contributed by atoms with Crippen molar-refractivity contribution >= 4 is 32.3 Å². The Morgan fingerprint density at radius 1 is 1.30 bits per heavy atom. The fourth-order valence-corrected chi connectivity index (χ4v) is 3.53. The molecular formula is C13H14N2O3S2. The van der Waals surface area contributed by atoms with Crippen molar-refractivity contribution in [3.8, 4) is 0 Å². The van der Waals surface area contributed by atoms with Gasteiger partial charge in [-0.1, -0.05) is 18.2 Å². The first kappa shape index (κ1) is 14.7. The van der Waals surface area contributed by atoms with Crippen molar-refractivity contribution in [2.75, 3.05) is 11.1 Å². The molecule has 0 fully saturated rings. The highest BCUT2D eigenvalue weighted by Crippen LogP contribution is 2.16. The molecule has 106 valence electrons. The molecule has 0 atom stereocenters. The van der Waals surface area contributed by atoms with Crippen LogP contribution in [0.5, 0.6) is 0 Å². The Bertz CT molecular complexity index is 693. The standard InChI is InChI=1S/C13H14N2O3S2/c1-10-9-13(19-15-10)14-12(16)7-8-20(17,18)11-5-3-2-4-6-11/h2-6,9H,7-8H2,1H3,(H,14,16). The molecule has 0 spiro atoms. The second-order valence-electron chi connectivity index (χ2n) is 4.26. The van der Waals surface area contributed by atoms with Gasteiger partial charge < -0.3 is 5.32 Å². The van der Waals surface area contributed by atoms with Gasteiger partial charge in [-0.3, -0.25) is 4.79 Å². The summed E-state index contributed by atoms with van der Waals surface area (Å²) >= 11 is 1.18. The molecule has 1 amide bonds. The summed E-state index contributed by atoms with van der Waals surface area (Å²) in [5.74, 6) is -0.533. The highest BCUT2D eigenvalue weighted by atomic mass is 32.2. The lowest BCUT2D eigenvalue weighted by Gasteiger charge is -2.04. The average molecular weight is 310 g/mol. The maximum atomic E-state index is 12.0. The number of rotatable bonds is 5. The Balaban J connectivity index is 1.93. The van der Waals surface area contributed by atoms with E-state index in [4.69, 9.17) is 0 Å². The first-order valence-corrected chi connectivity index (χ1v) is 8.41. The van der Waals surface area contributed by atoms with Gasteiger partial charge in [0.1, 0.15) is 5.00 Å². The van der Waals surface area contributed by atoms with E-state index in [-0.39, 0.29) is 23.0 Å². The monoisotopic (exact) mass is 310 g/mol. The zero-order valence-corrected chi connectivity index (χ0v) is 12.5. The number of hydrogen-bond donors (Lipinski definition) is 1. The number of sulfone groups is 1. The van der Waals surface area contributed by atoms with Crippen LogP contribution in [-0.2, 0) is 14.6 Å². The van der Waals surface area contributed by atoms with E-state index < -0.39 is 9.84 Å². The van der Waals surface area contributed by atoms with Gasteiger partial charge in [0.25, 0.3) is 0 Å². The zero-order chi connectivity index (χ0) is 14.6. The van der Waals surface area contributed by atoms with Gasteiger partial charge in [-0.15, -0.1) is 0 Å². The van der Waals surface area contributed by atoms with Crippen LogP contribution in [0.3, 0.4) is 0 Å². The first-order valence-electron chi connectivity index (χ1n) is 5.98. The molecule has 7 heteroatoms. The van der Waals surface area contributed by atoms with Crippen LogP contribution < -0.4 is 5.32 Å². The molecule has 0 aliphatic carbocycles. The van der Waals surface area contributed by atoms with Crippen LogP contribution >= 0.6 is 11.5 Å². The smallest absolute Gasteiger partial charge is 0.226 e. The minimum absolute atomic E-state index is 0.0752. The van der Waals surface area contributed by atoms with E-state index >= 15 is 0 Å². The molecule has 1 N–H and O–H groups in total. The van der Waals surface area contributed by atoms with Gasteiger partial charge in [0.05, 0.1) is 16.3 Å². The highest BCUT2D eigenvalue weighted by molar-refractivity contribution is 7.91. The summed E-state index contributed by atoms with van der Waals surface area (Å²) in [6.45, 7) is 1.83. The van der Waals surface area contributed by atoms with Crippen LogP contribution in [0.4, 0.5) is 5.00 Å². The minimum Gasteiger partial charge on any atom is -0.316 e. The Morgan fingerprint density at radius 2 is 2.00 bits per heavy atom. The van der Waals surface area contributed by atoms with Crippen LogP contribution in [0, 0.1) is 6.92 Å². The molecule has 0 aliphatic heterocycles. The van der Waals surface area contributed by atoms with E-state index in [1.165, 1.54) is 23.7 Å². The average Bonchev–Trinajstić information content (AvgIpc) is 2.83. The molecule has 1 aromatic carbocycles. The summed E-state index contributed by atoms with van der Waals surface area (Å²) < 4.78 is 28.0. The number of aromatic nitrogens is 1. The molecule has 0 bridgehead atoms. The van der Waals surface area contributed by atoms with Crippen LogP contribution in [0.2, 0.25) is 0 Å². The predicted molar refractivity (Wildman–Crippen MR) is 78.6 cm³/mol. The number of carbonyl (C=O) groups excluding carboxylic acids is 1. The van der Waals surface area contributed by atoms with Crippen molar-refractivity contribution in [2.24, 2.45) is 0 Å². The molecule has 2 aromatic rings. The Morgan fingerprint density at radius 3 is 2.60 bits per heavy atom. The number of nitrogens with one attached hydrogen (secondary N) is 1. The lowest BCUT2D eigenvalue weighted by Crippen LogP contribution is -2.16. The van der Waals surface area contributed by atoms with Crippen molar-refractivity contribution < 1.29 is 13.2 Å². The zero-order valence-electron chi connectivity index (χ0n) is 10.9. The summed E-state index contributed by atoms with van der Waals surface area (Å²) in [5.41, 5.74) is 0.821. The Hall–Kier alpha value is -1.73. The second-order valence-corrected chi connectivity index (χ2v) is 7.18. The van der Waals surface area contributed by atoms with Crippen LogP contribution in [0.25, 0.3) is 0 Å². The molecule has 20 heavy (non-hydrogen) atoms. The molecule has 0 aliphatic rings. The van der Waals surface area contributed by atoms with E-state index in [1.807, 2.05) is 6.92 Å². The van der Waals surface area contributed by atoms with Crippen molar-refractivity contribution in [3.63, 3.8) is 0 Å². The third kappa shape index (κ3) is 3.88. The third-order valence-corrected chi connectivity index (χ3v) is 5.12. The van der Waals surface area contributed by atoms with Crippen LogP contribution in [0.15, 0.2) is 41.3 Å². The van der Waals surface area contributed by atoms with Gasteiger partial charge in [-0.25, -0.2) is 8.42 Å². The maximum Gasteiger partial charge on any atom is 0.226 e. The van der Waals surface area contributed by atoms with Crippen molar-refractivity contribution in [2.45, 2.75) is 18.2 Å². The molecule has 0 unspecified atom stereocenters. The van der Waals surface area contributed by atoms with Crippen LogP contribution in [-0.4, -0.2) is 24.5 Å². The predicted octanol–water partition coefficient (Wildman–Crippen LogP) is 2.25. The van der Waals surface area contributed by atoms with Crippen LogP contribution in [0.1, 0.15) is 12.1 Å². The summed E-state index contributed by atoms with van der Waals surface area (Å²) in [6, 6.07) is 9.87. The van der Waals surface area contributed by atoms with E-state index in [0.717, 1.165) is 5.69 Å². The second kappa shape index (κ2) is 6.15. The lowest BCUT2D eigenvalue weighted by atomic mass is 10.4.